The second-order valence-corrected chi connectivity index (χ2v) is 7.79. The third-order valence-electron chi connectivity index (χ3n) is 5.50. The minimum atomic E-state index is 0.701. The van der Waals surface area contributed by atoms with Gasteiger partial charge in [-0.2, -0.15) is 0 Å². The van der Waals surface area contributed by atoms with Crippen LogP contribution < -0.4 is 10.1 Å². The molecule has 0 atom stereocenters. The number of hydrogen-bond acceptors (Lipinski definition) is 2. The lowest BCUT2D eigenvalue weighted by Crippen LogP contribution is -2.16. The van der Waals surface area contributed by atoms with E-state index in [4.69, 9.17) is 4.74 Å². The Balaban J connectivity index is 1.57. The SMILES string of the molecule is CCCCCCCCNCc1c(OCCc2ccccc2)ccc2ccccc12. The van der Waals surface area contributed by atoms with Crippen LogP contribution in [0.25, 0.3) is 10.8 Å². The highest BCUT2D eigenvalue weighted by molar-refractivity contribution is 5.87. The molecule has 0 saturated carbocycles. The number of nitrogens with one attached hydrogen (secondary N) is 1. The zero-order chi connectivity index (χ0) is 20.2. The zero-order valence-corrected chi connectivity index (χ0v) is 17.8. The van der Waals surface area contributed by atoms with E-state index in [2.05, 4.69) is 79.0 Å². The van der Waals surface area contributed by atoms with E-state index in [-0.39, 0.29) is 0 Å². The molecule has 0 heterocycles. The Morgan fingerprint density at radius 3 is 2.38 bits per heavy atom. The average Bonchev–Trinajstić information content (AvgIpc) is 2.77. The Kier molecular flexibility index (Phi) is 9.06. The van der Waals surface area contributed by atoms with E-state index < -0.39 is 0 Å². The van der Waals surface area contributed by atoms with E-state index in [1.54, 1.807) is 0 Å². The first kappa shape index (κ1) is 21.4. The molecule has 0 aliphatic carbocycles. The van der Waals surface area contributed by atoms with Crippen LogP contribution in [0.2, 0.25) is 0 Å². The summed E-state index contributed by atoms with van der Waals surface area (Å²) in [5.41, 5.74) is 2.60. The summed E-state index contributed by atoms with van der Waals surface area (Å²) in [5, 5.41) is 6.22. The highest BCUT2D eigenvalue weighted by atomic mass is 16.5. The number of fused-ring (bicyclic) bond motifs is 1. The van der Waals surface area contributed by atoms with Gasteiger partial charge in [0.15, 0.2) is 0 Å². The number of rotatable bonds is 13. The van der Waals surface area contributed by atoms with Crippen molar-refractivity contribution in [2.75, 3.05) is 13.2 Å². The second kappa shape index (κ2) is 12.3. The first-order chi connectivity index (χ1) is 14.4. The van der Waals surface area contributed by atoms with Gasteiger partial charge in [-0.25, -0.2) is 0 Å². The molecule has 3 rings (SSSR count). The van der Waals surface area contributed by atoms with Crippen molar-refractivity contribution in [3.05, 3.63) is 77.9 Å². The molecule has 0 aromatic heterocycles. The highest BCUT2D eigenvalue weighted by Gasteiger charge is 2.09. The van der Waals surface area contributed by atoms with Crippen molar-refractivity contribution in [3.63, 3.8) is 0 Å². The Morgan fingerprint density at radius 1 is 0.759 bits per heavy atom. The fraction of sp³-hybridized carbons (Fsp3) is 0.407. The van der Waals surface area contributed by atoms with Crippen LogP contribution in [0.4, 0.5) is 0 Å². The molecule has 0 saturated heterocycles. The van der Waals surface area contributed by atoms with Gasteiger partial charge < -0.3 is 10.1 Å². The molecule has 29 heavy (non-hydrogen) atoms. The molecule has 3 aromatic rings. The first-order valence-electron chi connectivity index (χ1n) is 11.3. The largest absolute Gasteiger partial charge is 0.493 e. The van der Waals surface area contributed by atoms with E-state index >= 15 is 0 Å². The number of unbranched alkanes of at least 4 members (excludes halogenated alkanes) is 5. The number of ether oxygens (including phenoxy) is 1. The molecule has 2 heteroatoms. The predicted molar refractivity (Wildman–Crippen MR) is 125 cm³/mol. The van der Waals surface area contributed by atoms with Gasteiger partial charge in [-0.15, -0.1) is 0 Å². The lowest BCUT2D eigenvalue weighted by atomic mass is 10.0. The minimum absolute atomic E-state index is 0.701. The van der Waals surface area contributed by atoms with Crippen LogP contribution in [0.15, 0.2) is 66.7 Å². The molecule has 1 N–H and O–H groups in total. The van der Waals surface area contributed by atoms with Crippen molar-refractivity contribution in [2.45, 2.75) is 58.4 Å². The van der Waals surface area contributed by atoms with Gasteiger partial charge in [0.25, 0.3) is 0 Å². The molecule has 0 bridgehead atoms. The summed E-state index contributed by atoms with van der Waals surface area (Å²) in [6.45, 7) is 4.90. The van der Waals surface area contributed by atoms with Crippen molar-refractivity contribution in [3.8, 4) is 5.75 Å². The molecule has 0 spiro atoms. The third-order valence-corrected chi connectivity index (χ3v) is 5.50. The molecule has 0 unspecified atom stereocenters. The minimum Gasteiger partial charge on any atom is -0.493 e. The van der Waals surface area contributed by atoms with Crippen molar-refractivity contribution in [2.24, 2.45) is 0 Å². The lowest BCUT2D eigenvalue weighted by molar-refractivity contribution is 0.318. The first-order valence-corrected chi connectivity index (χ1v) is 11.3. The maximum absolute atomic E-state index is 6.23. The zero-order valence-electron chi connectivity index (χ0n) is 17.8. The van der Waals surface area contributed by atoms with E-state index in [1.165, 1.54) is 60.4 Å². The van der Waals surface area contributed by atoms with Crippen LogP contribution >= 0.6 is 0 Å². The summed E-state index contributed by atoms with van der Waals surface area (Å²) in [4.78, 5) is 0. The van der Waals surface area contributed by atoms with Crippen LogP contribution in [0.1, 0.15) is 56.6 Å². The van der Waals surface area contributed by atoms with Crippen LogP contribution in [-0.2, 0) is 13.0 Å². The van der Waals surface area contributed by atoms with Crippen molar-refractivity contribution in [1.29, 1.82) is 0 Å². The monoisotopic (exact) mass is 389 g/mol. The van der Waals surface area contributed by atoms with Gasteiger partial charge in [0.05, 0.1) is 6.61 Å². The Labute approximate surface area is 176 Å². The van der Waals surface area contributed by atoms with E-state index in [0.29, 0.717) is 6.61 Å². The Hall–Kier alpha value is -2.32. The average molecular weight is 390 g/mol. The molecular formula is C27H35NO. The Morgan fingerprint density at radius 2 is 1.52 bits per heavy atom. The van der Waals surface area contributed by atoms with E-state index in [0.717, 1.165) is 25.3 Å². The smallest absolute Gasteiger partial charge is 0.124 e. The summed E-state index contributed by atoms with van der Waals surface area (Å²) in [6, 6.07) is 23.5. The molecule has 0 radical (unpaired) electrons. The standard InChI is InChI=1S/C27H35NO/c1-2-3-4-5-6-12-20-28-22-26-25-16-11-10-15-24(25)17-18-27(26)29-21-19-23-13-8-7-9-14-23/h7-11,13-18,28H,2-6,12,19-22H2,1H3. The van der Waals surface area contributed by atoms with Gasteiger partial charge in [0.2, 0.25) is 0 Å². The Bertz CT molecular complexity index is 844. The van der Waals surface area contributed by atoms with Crippen LogP contribution in [0.5, 0.6) is 5.75 Å². The predicted octanol–water partition coefficient (Wildman–Crippen LogP) is 6.91. The normalized spacial score (nSPS) is 11.1. The molecule has 0 aliphatic rings. The maximum Gasteiger partial charge on any atom is 0.124 e. The molecule has 3 aromatic carbocycles. The van der Waals surface area contributed by atoms with Crippen LogP contribution in [0, 0.1) is 0 Å². The summed E-state index contributed by atoms with van der Waals surface area (Å²) in [6.07, 6.45) is 8.91. The summed E-state index contributed by atoms with van der Waals surface area (Å²) >= 11 is 0. The van der Waals surface area contributed by atoms with Crippen molar-refractivity contribution in [1.82, 2.24) is 5.32 Å². The van der Waals surface area contributed by atoms with Gasteiger partial charge in [-0.1, -0.05) is 99.7 Å². The van der Waals surface area contributed by atoms with Crippen molar-refractivity contribution >= 4 is 10.8 Å². The van der Waals surface area contributed by atoms with Gasteiger partial charge in [0.1, 0.15) is 5.75 Å². The molecule has 0 fully saturated rings. The van der Waals surface area contributed by atoms with Gasteiger partial charge in [-0.05, 0) is 35.4 Å². The van der Waals surface area contributed by atoms with E-state index in [9.17, 15) is 0 Å². The molecule has 0 aliphatic heterocycles. The number of hydrogen-bond donors (Lipinski definition) is 1. The second-order valence-electron chi connectivity index (χ2n) is 7.79. The van der Waals surface area contributed by atoms with Crippen molar-refractivity contribution < 1.29 is 4.74 Å². The van der Waals surface area contributed by atoms with Crippen LogP contribution in [0.3, 0.4) is 0 Å². The van der Waals surface area contributed by atoms with Gasteiger partial charge >= 0.3 is 0 Å². The quantitative estimate of drug-likeness (QED) is 0.321. The van der Waals surface area contributed by atoms with E-state index in [1.807, 2.05) is 0 Å². The lowest BCUT2D eigenvalue weighted by Gasteiger charge is -2.15. The molecular weight excluding hydrogens is 354 g/mol. The molecule has 0 amide bonds. The third kappa shape index (κ3) is 6.90. The summed E-state index contributed by atoms with van der Waals surface area (Å²) < 4.78 is 6.23. The maximum atomic E-state index is 6.23. The topological polar surface area (TPSA) is 21.3 Å². The van der Waals surface area contributed by atoms with Gasteiger partial charge in [0, 0.05) is 18.5 Å². The number of benzene rings is 3. The van der Waals surface area contributed by atoms with Crippen LogP contribution in [-0.4, -0.2) is 13.2 Å². The fourth-order valence-corrected chi connectivity index (χ4v) is 3.80. The molecule has 154 valence electrons. The summed E-state index contributed by atoms with van der Waals surface area (Å²) in [7, 11) is 0. The fourth-order valence-electron chi connectivity index (χ4n) is 3.80. The highest BCUT2D eigenvalue weighted by Crippen LogP contribution is 2.28. The molecule has 2 nitrogen and oxygen atoms in total. The van der Waals surface area contributed by atoms with Gasteiger partial charge in [-0.3, -0.25) is 0 Å². The summed E-state index contributed by atoms with van der Waals surface area (Å²) in [5.74, 6) is 1.01.